The van der Waals surface area contributed by atoms with Gasteiger partial charge in [0.2, 0.25) is 0 Å². The second-order valence-electron chi connectivity index (χ2n) is 5.95. The third-order valence-electron chi connectivity index (χ3n) is 4.17. The molecule has 1 atom stereocenters. The Bertz CT molecular complexity index is 742. The molecule has 1 heterocycles. The van der Waals surface area contributed by atoms with Gasteiger partial charge >= 0.3 is 5.97 Å². The van der Waals surface area contributed by atoms with Crippen molar-refractivity contribution in [2.75, 3.05) is 0 Å². The first-order valence-electron chi connectivity index (χ1n) is 7.81. The maximum atomic E-state index is 12.2. The van der Waals surface area contributed by atoms with E-state index in [1.54, 1.807) is 0 Å². The van der Waals surface area contributed by atoms with Crippen molar-refractivity contribution in [3.8, 4) is 0 Å². The molecule has 0 N–H and O–H groups in total. The van der Waals surface area contributed by atoms with E-state index in [9.17, 15) is 4.79 Å². The zero-order valence-corrected chi connectivity index (χ0v) is 13.3. The molecule has 0 amide bonds. The largest absolute Gasteiger partial charge is 0.450 e. The predicted molar refractivity (Wildman–Crippen MR) is 91.9 cm³/mol. The smallest absolute Gasteiger partial charge is 0.335 e. The Balaban J connectivity index is 1.75. The van der Waals surface area contributed by atoms with Crippen LogP contribution in [0.4, 0.5) is 0 Å². The van der Waals surface area contributed by atoms with E-state index in [4.69, 9.17) is 4.74 Å². The van der Waals surface area contributed by atoms with Crippen LogP contribution in [0.5, 0.6) is 0 Å². The fourth-order valence-electron chi connectivity index (χ4n) is 2.94. The molecule has 23 heavy (non-hydrogen) atoms. The number of esters is 1. The number of hydrogen-bond donors (Lipinski definition) is 0. The van der Waals surface area contributed by atoms with Gasteiger partial charge in [-0.1, -0.05) is 72.8 Å². The molecule has 1 unspecified atom stereocenters. The van der Waals surface area contributed by atoms with E-state index < -0.39 is 0 Å². The van der Waals surface area contributed by atoms with Gasteiger partial charge in [-0.2, -0.15) is 0 Å². The van der Waals surface area contributed by atoms with Crippen molar-refractivity contribution in [3.05, 3.63) is 95.1 Å². The highest BCUT2D eigenvalue weighted by molar-refractivity contribution is 5.92. The maximum absolute atomic E-state index is 12.2. The fraction of sp³-hybridized carbons (Fsp3) is 0.190. The van der Waals surface area contributed by atoms with Crippen molar-refractivity contribution in [2.24, 2.45) is 0 Å². The van der Waals surface area contributed by atoms with Gasteiger partial charge in [0.1, 0.15) is 6.10 Å². The van der Waals surface area contributed by atoms with Crippen molar-refractivity contribution in [3.63, 3.8) is 0 Å². The number of benzene rings is 2. The SMILES string of the molecule is C=C(CC1=C(C)C(c2ccccc2)OC1=O)Cc1ccccc1. The molecule has 1 aliphatic rings. The third-order valence-corrected chi connectivity index (χ3v) is 4.17. The van der Waals surface area contributed by atoms with E-state index in [1.807, 2.05) is 55.5 Å². The van der Waals surface area contributed by atoms with Crippen LogP contribution in [-0.4, -0.2) is 5.97 Å². The summed E-state index contributed by atoms with van der Waals surface area (Å²) in [6.07, 6.45) is 1.09. The number of ether oxygens (including phenoxy) is 1. The van der Waals surface area contributed by atoms with Gasteiger partial charge in [0.05, 0.1) is 0 Å². The third kappa shape index (κ3) is 3.42. The topological polar surface area (TPSA) is 26.3 Å². The lowest BCUT2D eigenvalue weighted by molar-refractivity contribution is -0.140. The van der Waals surface area contributed by atoms with Crippen molar-refractivity contribution < 1.29 is 9.53 Å². The number of hydrogen-bond acceptors (Lipinski definition) is 2. The molecule has 2 aromatic carbocycles. The summed E-state index contributed by atoms with van der Waals surface area (Å²) in [4.78, 5) is 12.2. The van der Waals surface area contributed by atoms with E-state index in [0.717, 1.165) is 28.7 Å². The standard InChI is InChI=1S/C21H20O2/c1-15(13-17-9-5-3-6-10-17)14-19-16(2)20(23-21(19)22)18-11-7-4-8-12-18/h3-12,20H,1,13-14H2,2H3. The van der Waals surface area contributed by atoms with E-state index in [-0.39, 0.29) is 12.1 Å². The van der Waals surface area contributed by atoms with Gasteiger partial charge in [0.25, 0.3) is 0 Å². The molecular formula is C21H20O2. The molecule has 2 nitrogen and oxygen atoms in total. The average molecular weight is 304 g/mol. The summed E-state index contributed by atoms with van der Waals surface area (Å²) in [5.41, 5.74) is 5.00. The van der Waals surface area contributed by atoms with Crippen LogP contribution in [0.25, 0.3) is 0 Å². The first kappa shape index (κ1) is 15.3. The van der Waals surface area contributed by atoms with E-state index >= 15 is 0 Å². The second kappa shape index (κ2) is 6.66. The normalized spacial score (nSPS) is 17.3. The van der Waals surface area contributed by atoms with Crippen LogP contribution in [0.3, 0.4) is 0 Å². The quantitative estimate of drug-likeness (QED) is 0.586. The van der Waals surface area contributed by atoms with Crippen LogP contribution < -0.4 is 0 Å². The Morgan fingerprint density at radius 3 is 2.26 bits per heavy atom. The zero-order chi connectivity index (χ0) is 16.2. The van der Waals surface area contributed by atoms with Gasteiger partial charge in [0.15, 0.2) is 0 Å². The minimum Gasteiger partial charge on any atom is -0.450 e. The Labute approximate surface area is 137 Å². The molecule has 0 saturated carbocycles. The Morgan fingerprint density at radius 2 is 1.61 bits per heavy atom. The number of cyclic esters (lactones) is 1. The molecule has 0 spiro atoms. The van der Waals surface area contributed by atoms with Crippen molar-refractivity contribution >= 4 is 5.97 Å². The Hall–Kier alpha value is -2.61. The molecule has 0 fully saturated rings. The zero-order valence-electron chi connectivity index (χ0n) is 13.3. The molecule has 2 aromatic rings. The average Bonchev–Trinajstić information content (AvgIpc) is 2.85. The molecular weight excluding hydrogens is 284 g/mol. The molecule has 0 saturated heterocycles. The Kier molecular flexibility index (Phi) is 4.42. The Morgan fingerprint density at radius 1 is 1.00 bits per heavy atom. The number of rotatable bonds is 5. The molecule has 0 aromatic heterocycles. The number of allylic oxidation sites excluding steroid dienone is 1. The molecule has 2 heteroatoms. The highest BCUT2D eigenvalue weighted by Gasteiger charge is 2.32. The predicted octanol–water partition coefficient (Wildman–Crippen LogP) is 4.79. The van der Waals surface area contributed by atoms with Gasteiger partial charge in [-0.15, -0.1) is 0 Å². The van der Waals surface area contributed by atoms with Gasteiger partial charge in [-0.3, -0.25) is 0 Å². The maximum Gasteiger partial charge on any atom is 0.335 e. The van der Waals surface area contributed by atoms with Crippen LogP contribution >= 0.6 is 0 Å². The van der Waals surface area contributed by atoms with E-state index in [0.29, 0.717) is 6.42 Å². The molecule has 0 aliphatic carbocycles. The van der Waals surface area contributed by atoms with Crippen LogP contribution in [0.2, 0.25) is 0 Å². The summed E-state index contributed by atoms with van der Waals surface area (Å²) in [5, 5.41) is 0. The molecule has 116 valence electrons. The molecule has 0 bridgehead atoms. The molecule has 0 radical (unpaired) electrons. The summed E-state index contributed by atoms with van der Waals surface area (Å²) in [5.74, 6) is -0.217. The summed E-state index contributed by atoms with van der Waals surface area (Å²) >= 11 is 0. The van der Waals surface area contributed by atoms with Gasteiger partial charge in [0, 0.05) is 12.0 Å². The van der Waals surface area contributed by atoms with Gasteiger partial charge < -0.3 is 4.74 Å². The highest BCUT2D eigenvalue weighted by Crippen LogP contribution is 2.37. The fourth-order valence-corrected chi connectivity index (χ4v) is 2.94. The van der Waals surface area contributed by atoms with E-state index in [2.05, 4.69) is 18.7 Å². The van der Waals surface area contributed by atoms with Crippen LogP contribution in [-0.2, 0) is 16.0 Å². The van der Waals surface area contributed by atoms with Crippen molar-refractivity contribution in [1.29, 1.82) is 0 Å². The first-order chi connectivity index (χ1) is 11.1. The van der Waals surface area contributed by atoms with Crippen molar-refractivity contribution in [1.82, 2.24) is 0 Å². The van der Waals surface area contributed by atoms with Gasteiger partial charge in [-0.05, 0) is 30.0 Å². The monoisotopic (exact) mass is 304 g/mol. The highest BCUT2D eigenvalue weighted by atomic mass is 16.5. The van der Waals surface area contributed by atoms with Crippen molar-refractivity contribution in [2.45, 2.75) is 25.9 Å². The number of carbonyl (C=O) groups is 1. The lowest BCUT2D eigenvalue weighted by atomic mass is 9.95. The van der Waals surface area contributed by atoms with Crippen LogP contribution in [0, 0.1) is 0 Å². The second-order valence-corrected chi connectivity index (χ2v) is 5.95. The summed E-state index contributed by atoms with van der Waals surface area (Å²) < 4.78 is 5.57. The molecule has 1 aliphatic heterocycles. The minimum absolute atomic E-state index is 0.217. The summed E-state index contributed by atoms with van der Waals surface area (Å²) in [6.45, 7) is 6.12. The minimum atomic E-state index is -0.261. The summed E-state index contributed by atoms with van der Waals surface area (Å²) in [7, 11) is 0. The van der Waals surface area contributed by atoms with Crippen LogP contribution in [0.1, 0.15) is 30.6 Å². The number of carbonyl (C=O) groups excluding carboxylic acids is 1. The first-order valence-corrected chi connectivity index (χ1v) is 7.81. The summed E-state index contributed by atoms with van der Waals surface area (Å²) in [6, 6.07) is 20.0. The van der Waals surface area contributed by atoms with Crippen LogP contribution in [0.15, 0.2) is 84.0 Å². The molecule has 3 rings (SSSR count). The van der Waals surface area contributed by atoms with Gasteiger partial charge in [-0.25, -0.2) is 4.79 Å². The lowest BCUT2D eigenvalue weighted by Gasteiger charge is -2.11. The van der Waals surface area contributed by atoms with E-state index in [1.165, 1.54) is 5.56 Å². The lowest BCUT2D eigenvalue weighted by Crippen LogP contribution is -2.03.